The van der Waals surface area contributed by atoms with Gasteiger partial charge in [-0.25, -0.2) is 0 Å². The van der Waals surface area contributed by atoms with Crippen LogP contribution < -0.4 is 4.74 Å². The minimum absolute atomic E-state index is 0.184. The van der Waals surface area contributed by atoms with Crippen LogP contribution in [0.2, 0.25) is 0 Å². The van der Waals surface area contributed by atoms with E-state index < -0.39 is 17.3 Å². The van der Waals surface area contributed by atoms with Crippen LogP contribution >= 0.6 is 0 Å². The number of rotatable bonds is 4. The molecule has 0 unspecified atom stereocenters. The van der Waals surface area contributed by atoms with E-state index >= 15 is 0 Å². The summed E-state index contributed by atoms with van der Waals surface area (Å²) in [7, 11) is 1.55. The number of fused-ring (bicyclic) bond motifs is 1. The van der Waals surface area contributed by atoms with Crippen LogP contribution in [0.4, 0.5) is 0 Å². The summed E-state index contributed by atoms with van der Waals surface area (Å²) in [6.45, 7) is 0. The molecular weight excluding hydrogens is 364 g/mol. The lowest BCUT2D eigenvalue weighted by atomic mass is 9.91. The normalized spacial score (nSPS) is 21.1. The van der Waals surface area contributed by atoms with Crippen LogP contribution in [-0.4, -0.2) is 24.5 Å². The van der Waals surface area contributed by atoms with Crippen molar-refractivity contribution in [3.63, 3.8) is 0 Å². The molecule has 1 spiro atoms. The van der Waals surface area contributed by atoms with Crippen LogP contribution in [0.1, 0.15) is 42.6 Å². The van der Waals surface area contributed by atoms with Gasteiger partial charge < -0.3 is 4.74 Å². The van der Waals surface area contributed by atoms with E-state index in [1.807, 2.05) is 24.3 Å². The number of methoxy groups -OCH3 is 1. The van der Waals surface area contributed by atoms with E-state index in [1.165, 1.54) is 0 Å². The van der Waals surface area contributed by atoms with Gasteiger partial charge in [-0.2, -0.15) is 0 Å². The second-order valence-corrected chi connectivity index (χ2v) is 7.50. The Hall–Kier alpha value is -3.53. The molecule has 0 bridgehead atoms. The highest BCUT2D eigenvalue weighted by Crippen LogP contribution is 2.71. The SMILES string of the molecule is COc1ccccc1[C@H]1[C@H](C(=O)c2ccccc2)C12C(=O)c1ccccc1C2=O. The van der Waals surface area contributed by atoms with Crippen LogP contribution in [0.25, 0.3) is 0 Å². The lowest BCUT2D eigenvalue weighted by Gasteiger charge is -2.10. The van der Waals surface area contributed by atoms with Crippen LogP contribution in [0.15, 0.2) is 78.9 Å². The second kappa shape index (κ2) is 6.24. The maximum absolute atomic E-state index is 13.5. The van der Waals surface area contributed by atoms with E-state index in [2.05, 4.69) is 0 Å². The smallest absolute Gasteiger partial charge is 0.178 e. The maximum atomic E-state index is 13.5. The minimum Gasteiger partial charge on any atom is -0.496 e. The van der Waals surface area contributed by atoms with E-state index in [0.29, 0.717) is 22.4 Å². The standard InChI is InChI=1S/C25H18O4/c1-29-19-14-8-7-13-18(19)20-21(22(26)15-9-3-2-4-10-15)25(20)23(27)16-11-5-6-12-17(16)24(25)28/h2-14,20-21H,1H3/t20-,21+/m0/s1. The van der Waals surface area contributed by atoms with Gasteiger partial charge in [-0.3, -0.25) is 14.4 Å². The number of carbonyl (C=O) groups is 3. The number of benzene rings is 3. The molecule has 4 nitrogen and oxygen atoms in total. The molecule has 29 heavy (non-hydrogen) atoms. The molecular formula is C25H18O4. The molecule has 0 aromatic heterocycles. The van der Waals surface area contributed by atoms with Crippen molar-refractivity contribution in [2.45, 2.75) is 5.92 Å². The van der Waals surface area contributed by atoms with Gasteiger partial charge >= 0.3 is 0 Å². The number of para-hydroxylation sites is 1. The fraction of sp³-hybridized carbons (Fsp3) is 0.160. The predicted octanol–water partition coefficient (Wildman–Crippen LogP) is 4.36. The van der Waals surface area contributed by atoms with Crippen molar-refractivity contribution < 1.29 is 19.1 Å². The zero-order valence-corrected chi connectivity index (χ0v) is 15.8. The Balaban J connectivity index is 1.70. The van der Waals surface area contributed by atoms with Gasteiger partial charge in [0, 0.05) is 22.6 Å². The van der Waals surface area contributed by atoms with Crippen molar-refractivity contribution in [3.8, 4) is 5.75 Å². The first-order chi connectivity index (χ1) is 14.1. The number of Topliss-reactive ketones (excluding diaryl/α,β-unsaturated/α-hetero) is 3. The molecule has 2 aliphatic carbocycles. The van der Waals surface area contributed by atoms with E-state index in [4.69, 9.17) is 4.74 Å². The van der Waals surface area contributed by atoms with E-state index in [0.717, 1.165) is 5.56 Å². The molecule has 2 atom stereocenters. The first-order valence-electron chi connectivity index (χ1n) is 9.53. The highest BCUT2D eigenvalue weighted by Gasteiger charge is 2.79. The van der Waals surface area contributed by atoms with E-state index in [1.54, 1.807) is 61.7 Å². The summed E-state index contributed by atoms with van der Waals surface area (Å²) in [5, 5.41) is 0. The molecule has 3 aromatic carbocycles. The quantitative estimate of drug-likeness (QED) is 0.497. The van der Waals surface area contributed by atoms with Gasteiger partial charge in [-0.15, -0.1) is 0 Å². The maximum Gasteiger partial charge on any atom is 0.178 e. The zero-order valence-electron chi connectivity index (χ0n) is 15.8. The fourth-order valence-corrected chi connectivity index (χ4v) is 4.87. The van der Waals surface area contributed by atoms with Crippen molar-refractivity contribution in [2.75, 3.05) is 7.11 Å². The molecule has 5 rings (SSSR count). The summed E-state index contributed by atoms with van der Waals surface area (Å²) >= 11 is 0. The summed E-state index contributed by atoms with van der Waals surface area (Å²) in [5.41, 5.74) is 0.650. The summed E-state index contributed by atoms with van der Waals surface area (Å²) < 4.78 is 5.50. The Bertz CT molecular complexity index is 1130. The van der Waals surface area contributed by atoms with Crippen molar-refractivity contribution in [2.24, 2.45) is 11.3 Å². The molecule has 1 fully saturated rings. The van der Waals surface area contributed by atoms with Gasteiger partial charge in [0.25, 0.3) is 0 Å². The van der Waals surface area contributed by atoms with Gasteiger partial charge in [0.1, 0.15) is 11.2 Å². The van der Waals surface area contributed by atoms with Gasteiger partial charge in [-0.05, 0) is 11.6 Å². The Morgan fingerprint density at radius 1 is 0.793 bits per heavy atom. The average Bonchev–Trinajstić information content (AvgIpc) is 3.43. The van der Waals surface area contributed by atoms with Crippen molar-refractivity contribution in [3.05, 3.63) is 101 Å². The molecule has 142 valence electrons. The third-order valence-corrected chi connectivity index (χ3v) is 6.19. The third kappa shape index (κ3) is 2.23. The van der Waals surface area contributed by atoms with E-state index in [9.17, 15) is 14.4 Å². The Kier molecular flexibility index (Phi) is 3.78. The lowest BCUT2D eigenvalue weighted by molar-refractivity contribution is 0.0764. The monoisotopic (exact) mass is 382 g/mol. The summed E-state index contributed by atoms with van der Waals surface area (Å²) in [4.78, 5) is 40.5. The fourth-order valence-electron chi connectivity index (χ4n) is 4.87. The molecule has 2 aliphatic rings. The summed E-state index contributed by atoms with van der Waals surface area (Å²) in [5.74, 6) is -1.41. The predicted molar refractivity (Wildman–Crippen MR) is 108 cm³/mol. The number of carbonyl (C=O) groups excluding carboxylic acids is 3. The van der Waals surface area contributed by atoms with Gasteiger partial charge in [0.2, 0.25) is 0 Å². The Morgan fingerprint density at radius 2 is 1.34 bits per heavy atom. The van der Waals surface area contributed by atoms with Crippen LogP contribution in [0.3, 0.4) is 0 Å². The van der Waals surface area contributed by atoms with E-state index in [-0.39, 0.29) is 17.3 Å². The Morgan fingerprint density at radius 3 is 1.97 bits per heavy atom. The molecule has 0 amide bonds. The molecule has 0 saturated heterocycles. The molecule has 0 aliphatic heterocycles. The molecule has 3 aromatic rings. The topological polar surface area (TPSA) is 60.4 Å². The summed E-state index contributed by atoms with van der Waals surface area (Å²) in [6.07, 6.45) is 0. The van der Waals surface area contributed by atoms with Crippen LogP contribution in [0.5, 0.6) is 5.75 Å². The third-order valence-electron chi connectivity index (χ3n) is 6.19. The van der Waals surface area contributed by atoms with Crippen molar-refractivity contribution >= 4 is 17.3 Å². The van der Waals surface area contributed by atoms with Gasteiger partial charge in [-0.1, -0.05) is 72.8 Å². The number of hydrogen-bond donors (Lipinski definition) is 0. The minimum atomic E-state index is -1.38. The van der Waals surface area contributed by atoms with Gasteiger partial charge in [0.15, 0.2) is 17.3 Å². The lowest BCUT2D eigenvalue weighted by Crippen LogP contribution is -2.23. The molecule has 4 heteroatoms. The largest absolute Gasteiger partial charge is 0.496 e. The first-order valence-corrected chi connectivity index (χ1v) is 9.53. The van der Waals surface area contributed by atoms with Crippen molar-refractivity contribution in [1.82, 2.24) is 0 Å². The molecule has 0 heterocycles. The highest BCUT2D eigenvalue weighted by molar-refractivity contribution is 6.35. The molecule has 0 N–H and O–H groups in total. The Labute approximate surface area is 168 Å². The van der Waals surface area contributed by atoms with Crippen molar-refractivity contribution in [1.29, 1.82) is 0 Å². The first kappa shape index (κ1) is 17.6. The van der Waals surface area contributed by atoms with Crippen LogP contribution in [0, 0.1) is 11.3 Å². The van der Waals surface area contributed by atoms with Crippen LogP contribution in [-0.2, 0) is 0 Å². The number of hydrogen-bond acceptors (Lipinski definition) is 4. The zero-order chi connectivity index (χ0) is 20.2. The average molecular weight is 382 g/mol. The van der Waals surface area contributed by atoms with Gasteiger partial charge in [0.05, 0.1) is 13.0 Å². The number of ketones is 3. The highest BCUT2D eigenvalue weighted by atomic mass is 16.5. The number of ether oxygens (including phenoxy) is 1. The second-order valence-electron chi connectivity index (χ2n) is 7.50. The summed E-state index contributed by atoms with van der Waals surface area (Å²) in [6, 6.07) is 23.0. The molecule has 1 saturated carbocycles. The molecule has 0 radical (unpaired) electrons.